The molecule has 4 heteroatoms. The van der Waals surface area contributed by atoms with Gasteiger partial charge in [0.25, 0.3) is 0 Å². The average Bonchev–Trinajstić information content (AvgIpc) is 3.60. The van der Waals surface area contributed by atoms with Crippen molar-refractivity contribution in [3.05, 3.63) is 168 Å². The van der Waals surface area contributed by atoms with E-state index in [1.54, 1.807) is 12.4 Å². The van der Waals surface area contributed by atoms with E-state index in [1.807, 2.05) is 24.4 Å². The van der Waals surface area contributed by atoms with Crippen LogP contribution in [0.15, 0.2) is 146 Å². The van der Waals surface area contributed by atoms with Crippen molar-refractivity contribution in [1.29, 1.82) is 0 Å². The van der Waals surface area contributed by atoms with E-state index < -0.39 is 5.41 Å². The van der Waals surface area contributed by atoms with Crippen molar-refractivity contribution in [2.75, 3.05) is 0 Å². The van der Waals surface area contributed by atoms with E-state index in [9.17, 15) is 0 Å². The van der Waals surface area contributed by atoms with Crippen molar-refractivity contribution in [1.82, 2.24) is 19.5 Å². The van der Waals surface area contributed by atoms with Crippen LogP contribution >= 0.6 is 0 Å². The Kier molecular flexibility index (Phi) is 5.01. The average molecular weight is 513 g/mol. The first-order chi connectivity index (χ1) is 19.9. The molecule has 0 bridgehead atoms. The Labute approximate surface area is 232 Å². The van der Waals surface area contributed by atoms with Crippen molar-refractivity contribution in [3.63, 3.8) is 0 Å². The smallest absolute Gasteiger partial charge is 0.163 e. The molecule has 40 heavy (non-hydrogen) atoms. The lowest BCUT2D eigenvalue weighted by Gasteiger charge is -2.33. The van der Waals surface area contributed by atoms with E-state index >= 15 is 0 Å². The zero-order chi connectivity index (χ0) is 26.5. The zero-order valence-electron chi connectivity index (χ0n) is 21.6. The maximum atomic E-state index is 4.91. The molecule has 0 spiro atoms. The fourth-order valence-corrected chi connectivity index (χ4v) is 6.47. The number of hydrogen-bond donors (Lipinski definition) is 0. The van der Waals surface area contributed by atoms with Crippen LogP contribution in [0.3, 0.4) is 0 Å². The van der Waals surface area contributed by atoms with Crippen LogP contribution in [0.4, 0.5) is 0 Å². The molecule has 0 saturated heterocycles. The lowest BCUT2D eigenvalue weighted by atomic mass is 9.67. The Hall–Kier alpha value is -5.35. The molecule has 3 heterocycles. The zero-order valence-corrected chi connectivity index (χ0v) is 21.6. The van der Waals surface area contributed by atoms with E-state index in [0.29, 0.717) is 5.82 Å². The number of pyridine rings is 1. The Balaban J connectivity index is 1.40. The normalized spacial score (nSPS) is 13.2. The molecule has 8 rings (SSSR count). The summed E-state index contributed by atoms with van der Waals surface area (Å²) in [6.45, 7) is 0. The molecular formula is C36H24N4. The summed E-state index contributed by atoms with van der Waals surface area (Å²) in [6, 6.07) is 43.3. The topological polar surface area (TPSA) is 43.6 Å². The third-order valence-corrected chi connectivity index (χ3v) is 8.10. The largest absolute Gasteiger partial charge is 0.301 e. The Morgan fingerprint density at radius 1 is 0.600 bits per heavy atom. The van der Waals surface area contributed by atoms with Gasteiger partial charge in [0.15, 0.2) is 5.82 Å². The minimum Gasteiger partial charge on any atom is -0.301 e. The summed E-state index contributed by atoms with van der Waals surface area (Å²) >= 11 is 0. The lowest BCUT2D eigenvalue weighted by Crippen LogP contribution is -2.28. The third-order valence-electron chi connectivity index (χ3n) is 8.10. The molecule has 0 amide bonds. The summed E-state index contributed by atoms with van der Waals surface area (Å²) in [4.78, 5) is 13.7. The molecule has 1 aliphatic carbocycles. The van der Waals surface area contributed by atoms with Gasteiger partial charge in [-0.2, -0.15) is 0 Å². The van der Waals surface area contributed by atoms with Crippen molar-refractivity contribution in [3.8, 4) is 28.3 Å². The maximum absolute atomic E-state index is 4.91. The van der Waals surface area contributed by atoms with Gasteiger partial charge in [0, 0.05) is 35.7 Å². The van der Waals surface area contributed by atoms with Gasteiger partial charge in [-0.05, 0) is 63.7 Å². The predicted octanol–water partition coefficient (Wildman–Crippen LogP) is 7.85. The van der Waals surface area contributed by atoms with Crippen molar-refractivity contribution in [2.24, 2.45) is 0 Å². The lowest BCUT2D eigenvalue weighted by molar-refractivity contribution is 0.769. The molecule has 7 aromatic rings. The number of fused-ring (bicyclic) bond motifs is 5. The van der Waals surface area contributed by atoms with Crippen LogP contribution in [-0.4, -0.2) is 19.5 Å². The van der Waals surface area contributed by atoms with Gasteiger partial charge < -0.3 is 4.57 Å². The highest BCUT2D eigenvalue weighted by Gasteiger charge is 2.46. The molecule has 4 aromatic carbocycles. The predicted molar refractivity (Wildman–Crippen MR) is 159 cm³/mol. The number of hydrogen-bond acceptors (Lipinski definition) is 3. The van der Waals surface area contributed by atoms with Crippen LogP contribution in [0, 0.1) is 0 Å². The number of nitrogens with zero attached hydrogens (tertiary/aromatic N) is 4. The number of benzene rings is 4. The first-order valence-electron chi connectivity index (χ1n) is 13.4. The van der Waals surface area contributed by atoms with Crippen LogP contribution in [-0.2, 0) is 5.41 Å². The standard InChI is InChI=1S/C36H24N4/c1-3-11-26(12-4-1)36(27-13-5-2-6-14-27)30-16-8-7-15-28(30)34-29-20-23-40(32(29)18-17-31(34)36)33-19-22-38-35(39-33)25-10-9-21-37-24-25/h1-24H. The highest BCUT2D eigenvalue weighted by molar-refractivity contribution is 6.03. The molecular weight excluding hydrogens is 488 g/mol. The summed E-state index contributed by atoms with van der Waals surface area (Å²) < 4.78 is 2.16. The Bertz CT molecular complexity index is 1950. The van der Waals surface area contributed by atoms with Gasteiger partial charge in [-0.3, -0.25) is 4.98 Å². The second-order valence-corrected chi connectivity index (χ2v) is 10.1. The third kappa shape index (κ3) is 3.17. The molecule has 0 atom stereocenters. The first-order valence-corrected chi connectivity index (χ1v) is 13.4. The van der Waals surface area contributed by atoms with E-state index in [2.05, 4.69) is 124 Å². The van der Waals surface area contributed by atoms with Gasteiger partial charge in [-0.25, -0.2) is 9.97 Å². The molecule has 1 aliphatic rings. The van der Waals surface area contributed by atoms with Gasteiger partial charge >= 0.3 is 0 Å². The highest BCUT2D eigenvalue weighted by atomic mass is 15.1. The van der Waals surface area contributed by atoms with Gasteiger partial charge in [0.1, 0.15) is 5.82 Å². The second kappa shape index (κ2) is 8.85. The quantitative estimate of drug-likeness (QED) is 0.241. The monoisotopic (exact) mass is 512 g/mol. The van der Waals surface area contributed by atoms with E-state index in [0.717, 1.165) is 16.9 Å². The molecule has 0 N–H and O–H groups in total. The Morgan fingerprint density at radius 2 is 1.35 bits per heavy atom. The minimum atomic E-state index is -0.410. The van der Waals surface area contributed by atoms with Crippen LogP contribution < -0.4 is 0 Å². The summed E-state index contributed by atoms with van der Waals surface area (Å²) in [7, 11) is 0. The van der Waals surface area contributed by atoms with Gasteiger partial charge in [0.05, 0.1) is 10.9 Å². The molecule has 0 unspecified atom stereocenters. The van der Waals surface area contributed by atoms with Crippen molar-refractivity contribution < 1.29 is 0 Å². The molecule has 4 nitrogen and oxygen atoms in total. The number of aromatic nitrogens is 4. The van der Waals surface area contributed by atoms with Crippen LogP contribution in [0.2, 0.25) is 0 Å². The summed E-state index contributed by atoms with van der Waals surface area (Å²) in [5.41, 5.74) is 9.29. The fraction of sp³-hybridized carbons (Fsp3) is 0.0278. The fourth-order valence-electron chi connectivity index (χ4n) is 6.47. The summed E-state index contributed by atoms with van der Waals surface area (Å²) in [6.07, 6.45) is 7.49. The number of rotatable bonds is 4. The molecule has 188 valence electrons. The first kappa shape index (κ1) is 22.6. The molecule has 0 fully saturated rings. The van der Waals surface area contributed by atoms with Gasteiger partial charge in [0.2, 0.25) is 0 Å². The molecule has 0 radical (unpaired) electrons. The van der Waals surface area contributed by atoms with Gasteiger partial charge in [-0.15, -0.1) is 0 Å². The Morgan fingerprint density at radius 3 is 2.10 bits per heavy atom. The van der Waals surface area contributed by atoms with Crippen molar-refractivity contribution in [2.45, 2.75) is 5.41 Å². The molecule has 3 aromatic heterocycles. The second-order valence-electron chi connectivity index (χ2n) is 10.1. The van der Waals surface area contributed by atoms with Crippen LogP contribution in [0.5, 0.6) is 0 Å². The summed E-state index contributed by atoms with van der Waals surface area (Å²) in [5, 5.41) is 1.21. The van der Waals surface area contributed by atoms with Gasteiger partial charge in [-0.1, -0.05) is 91.0 Å². The van der Waals surface area contributed by atoms with Crippen LogP contribution in [0.1, 0.15) is 22.3 Å². The molecule has 0 saturated carbocycles. The maximum Gasteiger partial charge on any atom is 0.163 e. The SMILES string of the molecule is c1ccc(C2(c3ccccc3)c3ccccc3-c3c2ccc2c3ccn2-c2ccnc(-c3cccnc3)n2)cc1. The molecule has 0 aliphatic heterocycles. The van der Waals surface area contributed by atoms with Crippen molar-refractivity contribution >= 4 is 10.9 Å². The minimum absolute atomic E-state index is 0.410. The van der Waals surface area contributed by atoms with E-state index in [-0.39, 0.29) is 0 Å². The van der Waals surface area contributed by atoms with E-state index in [1.165, 1.54) is 38.8 Å². The summed E-state index contributed by atoms with van der Waals surface area (Å²) in [5.74, 6) is 1.48. The highest BCUT2D eigenvalue weighted by Crippen LogP contribution is 2.57. The van der Waals surface area contributed by atoms with E-state index in [4.69, 9.17) is 4.98 Å². The van der Waals surface area contributed by atoms with Crippen LogP contribution in [0.25, 0.3) is 39.2 Å².